The van der Waals surface area contributed by atoms with E-state index in [2.05, 4.69) is 24.0 Å². The summed E-state index contributed by atoms with van der Waals surface area (Å²) in [7, 11) is 0. The van der Waals surface area contributed by atoms with Crippen molar-refractivity contribution in [2.45, 2.75) is 36.4 Å². The van der Waals surface area contributed by atoms with Crippen LogP contribution in [0.3, 0.4) is 0 Å². The number of nitrogens with zero attached hydrogens (tertiary/aromatic N) is 3. The van der Waals surface area contributed by atoms with Gasteiger partial charge in [0.2, 0.25) is 5.13 Å². The van der Waals surface area contributed by atoms with E-state index in [1.165, 1.54) is 40.1 Å². The van der Waals surface area contributed by atoms with Gasteiger partial charge in [-0.3, -0.25) is 14.5 Å². The van der Waals surface area contributed by atoms with Gasteiger partial charge in [0.1, 0.15) is 17.3 Å². The van der Waals surface area contributed by atoms with Crippen molar-refractivity contribution in [3.63, 3.8) is 0 Å². The predicted molar refractivity (Wildman–Crippen MR) is 158 cm³/mol. The van der Waals surface area contributed by atoms with E-state index in [1.54, 1.807) is 60.7 Å². The minimum Gasteiger partial charge on any atom is -0.507 e. The summed E-state index contributed by atoms with van der Waals surface area (Å²) in [4.78, 5) is 28.2. The number of anilines is 1. The van der Waals surface area contributed by atoms with Gasteiger partial charge in [-0.05, 0) is 47.7 Å². The summed E-state index contributed by atoms with van der Waals surface area (Å²) < 4.78 is 19.8. The number of ketones is 1. The van der Waals surface area contributed by atoms with Gasteiger partial charge in [-0.15, -0.1) is 10.2 Å². The zero-order chi connectivity index (χ0) is 28.9. The molecule has 10 heteroatoms. The van der Waals surface area contributed by atoms with Crippen LogP contribution in [0.25, 0.3) is 5.76 Å². The number of hydrogen-bond acceptors (Lipinski definition) is 8. The van der Waals surface area contributed by atoms with Gasteiger partial charge in [0, 0.05) is 11.3 Å². The van der Waals surface area contributed by atoms with Crippen molar-refractivity contribution in [1.29, 1.82) is 0 Å². The van der Waals surface area contributed by atoms with E-state index in [9.17, 15) is 19.1 Å². The summed E-state index contributed by atoms with van der Waals surface area (Å²) in [6, 6.07) is 21.1. The second kappa shape index (κ2) is 12.7. The molecule has 7 nitrogen and oxygen atoms in total. The first-order valence-corrected chi connectivity index (χ1v) is 14.9. The molecule has 0 aliphatic carbocycles. The van der Waals surface area contributed by atoms with E-state index < -0.39 is 17.7 Å². The number of amides is 1. The Morgan fingerprint density at radius 3 is 2.54 bits per heavy atom. The van der Waals surface area contributed by atoms with Crippen LogP contribution in [0, 0.1) is 11.7 Å². The highest BCUT2D eigenvalue weighted by molar-refractivity contribution is 8.00. The Kier molecular flexibility index (Phi) is 8.80. The second-order valence-electron chi connectivity index (χ2n) is 9.90. The lowest BCUT2D eigenvalue weighted by atomic mass is 9.95. The Morgan fingerprint density at radius 1 is 1.05 bits per heavy atom. The van der Waals surface area contributed by atoms with Gasteiger partial charge in [0.05, 0.1) is 18.2 Å². The lowest BCUT2D eigenvalue weighted by Gasteiger charge is -2.23. The molecule has 1 aliphatic rings. The SMILES string of the molecule is CC(C)CCOc1cccc(C2C(=C(O)c3ccccc3)C(=O)C(=O)N2c2nnc(SCc3ccc(F)cc3)s2)c1. The lowest BCUT2D eigenvalue weighted by molar-refractivity contribution is -0.132. The van der Waals surface area contributed by atoms with Gasteiger partial charge in [-0.25, -0.2) is 4.39 Å². The number of hydrogen-bond donors (Lipinski definition) is 1. The molecule has 1 aromatic heterocycles. The number of carbonyl (C=O) groups is 2. The number of aliphatic hydroxyl groups is 1. The number of carbonyl (C=O) groups excluding carboxylic acids is 2. The van der Waals surface area contributed by atoms with E-state index in [0.717, 1.165) is 12.0 Å². The Morgan fingerprint density at radius 2 is 1.80 bits per heavy atom. The average molecular weight is 590 g/mol. The van der Waals surface area contributed by atoms with Gasteiger partial charge in [0.25, 0.3) is 5.78 Å². The molecule has 1 aliphatic heterocycles. The van der Waals surface area contributed by atoms with Gasteiger partial charge in [-0.1, -0.05) is 91.5 Å². The van der Waals surface area contributed by atoms with Crippen molar-refractivity contribution >= 4 is 45.7 Å². The topological polar surface area (TPSA) is 92.6 Å². The van der Waals surface area contributed by atoms with Crippen molar-refractivity contribution in [3.8, 4) is 5.75 Å². The molecule has 0 radical (unpaired) electrons. The van der Waals surface area contributed by atoms with Gasteiger partial charge in [-0.2, -0.15) is 0 Å². The second-order valence-corrected chi connectivity index (χ2v) is 12.1. The molecule has 41 heavy (non-hydrogen) atoms. The smallest absolute Gasteiger partial charge is 0.301 e. The predicted octanol–water partition coefficient (Wildman–Crippen LogP) is 7.02. The normalized spacial score (nSPS) is 16.5. The highest BCUT2D eigenvalue weighted by atomic mass is 32.2. The van der Waals surface area contributed by atoms with Crippen LogP contribution in [0.2, 0.25) is 0 Å². The molecule has 1 atom stereocenters. The average Bonchev–Trinajstić information content (AvgIpc) is 3.54. The van der Waals surface area contributed by atoms with Crippen molar-refractivity contribution in [2.75, 3.05) is 11.5 Å². The molecule has 1 amide bonds. The third kappa shape index (κ3) is 6.49. The van der Waals surface area contributed by atoms with Gasteiger partial charge < -0.3 is 9.84 Å². The first kappa shape index (κ1) is 28.5. The van der Waals surface area contributed by atoms with Crippen molar-refractivity contribution in [2.24, 2.45) is 5.92 Å². The van der Waals surface area contributed by atoms with E-state index in [1.807, 2.05) is 6.07 Å². The number of thioether (sulfide) groups is 1. The monoisotopic (exact) mass is 589 g/mol. The molecule has 1 N–H and O–H groups in total. The first-order valence-electron chi connectivity index (χ1n) is 13.1. The molecular weight excluding hydrogens is 561 g/mol. The summed E-state index contributed by atoms with van der Waals surface area (Å²) in [5, 5.41) is 20.0. The number of Topliss-reactive ketones (excluding diaryl/α,β-unsaturated/α-hetero) is 1. The third-order valence-corrected chi connectivity index (χ3v) is 8.63. The van der Waals surface area contributed by atoms with Crippen LogP contribution in [-0.2, 0) is 15.3 Å². The summed E-state index contributed by atoms with van der Waals surface area (Å²) >= 11 is 2.57. The van der Waals surface area contributed by atoms with E-state index in [-0.39, 0.29) is 22.3 Å². The minimum atomic E-state index is -0.938. The Labute approximate surface area is 245 Å². The Hall–Kier alpha value is -4.02. The largest absolute Gasteiger partial charge is 0.507 e. The highest BCUT2D eigenvalue weighted by Crippen LogP contribution is 2.44. The molecule has 1 unspecified atom stereocenters. The van der Waals surface area contributed by atoms with E-state index in [4.69, 9.17) is 4.74 Å². The van der Waals surface area contributed by atoms with E-state index >= 15 is 0 Å². The summed E-state index contributed by atoms with van der Waals surface area (Å²) in [5.74, 6) is -0.580. The maximum atomic E-state index is 13.5. The van der Waals surface area contributed by atoms with Crippen LogP contribution in [-0.4, -0.2) is 33.6 Å². The molecular formula is C31H28FN3O4S2. The standard InChI is InChI=1S/C31H28FN3O4S2/c1-19(2)15-16-39-24-10-6-9-22(17-24)26-25(27(36)21-7-4-3-5-8-21)28(37)29(38)35(26)30-33-34-31(41-30)40-18-20-11-13-23(32)14-12-20/h3-14,17,19,26,36H,15-16,18H2,1-2H3. The van der Waals surface area contributed by atoms with Crippen LogP contribution < -0.4 is 9.64 Å². The molecule has 5 rings (SSSR count). The Bertz CT molecular complexity index is 1570. The van der Waals surface area contributed by atoms with Gasteiger partial charge >= 0.3 is 5.91 Å². The quantitative estimate of drug-likeness (QED) is 0.0699. The molecule has 0 bridgehead atoms. The maximum absolute atomic E-state index is 13.5. The number of benzene rings is 3. The molecule has 1 fully saturated rings. The van der Waals surface area contributed by atoms with Crippen molar-refractivity contribution < 1.29 is 23.8 Å². The minimum absolute atomic E-state index is 0.0313. The molecule has 0 saturated carbocycles. The fourth-order valence-electron chi connectivity index (χ4n) is 4.37. The number of rotatable bonds is 10. The fraction of sp³-hybridized carbons (Fsp3) is 0.226. The summed E-state index contributed by atoms with van der Waals surface area (Å²) in [6.45, 7) is 4.76. The van der Waals surface area contributed by atoms with Crippen LogP contribution >= 0.6 is 23.1 Å². The number of aliphatic hydroxyl groups excluding tert-OH is 1. The van der Waals surface area contributed by atoms with Crippen molar-refractivity contribution in [3.05, 3.63) is 107 Å². The highest BCUT2D eigenvalue weighted by Gasteiger charge is 2.48. The molecule has 1 saturated heterocycles. The molecule has 2 heterocycles. The van der Waals surface area contributed by atoms with Crippen LogP contribution in [0.15, 0.2) is 88.8 Å². The molecule has 0 spiro atoms. The summed E-state index contributed by atoms with van der Waals surface area (Å²) in [5.41, 5.74) is 1.90. The molecule has 4 aromatic rings. The number of aromatic nitrogens is 2. The van der Waals surface area contributed by atoms with Crippen LogP contribution in [0.5, 0.6) is 5.75 Å². The zero-order valence-electron chi connectivity index (χ0n) is 22.5. The fourth-order valence-corrected chi connectivity index (χ4v) is 6.19. The summed E-state index contributed by atoms with van der Waals surface area (Å²) in [6.07, 6.45) is 0.875. The maximum Gasteiger partial charge on any atom is 0.301 e. The number of ether oxygens (including phenoxy) is 1. The number of halogens is 1. The molecule has 3 aromatic carbocycles. The lowest BCUT2D eigenvalue weighted by Crippen LogP contribution is -2.29. The van der Waals surface area contributed by atoms with Crippen LogP contribution in [0.4, 0.5) is 9.52 Å². The zero-order valence-corrected chi connectivity index (χ0v) is 24.1. The van der Waals surface area contributed by atoms with Crippen LogP contribution in [0.1, 0.15) is 43.0 Å². The first-order chi connectivity index (χ1) is 19.8. The third-order valence-electron chi connectivity index (χ3n) is 6.51. The Balaban J connectivity index is 1.51. The van der Waals surface area contributed by atoms with Crippen molar-refractivity contribution in [1.82, 2.24) is 10.2 Å². The molecule has 210 valence electrons. The van der Waals surface area contributed by atoms with Gasteiger partial charge in [0.15, 0.2) is 4.34 Å². The van der Waals surface area contributed by atoms with E-state index in [0.29, 0.717) is 39.5 Å².